The number of carbonyl (C=O) groups excluding carboxylic acids is 3. The summed E-state index contributed by atoms with van der Waals surface area (Å²) in [6.07, 6.45) is 7.39. The molecule has 2 N–H and O–H groups in total. The van der Waals surface area contributed by atoms with E-state index in [2.05, 4.69) is 10.3 Å². The number of nitrogens with one attached hydrogen (secondary N) is 1. The van der Waals surface area contributed by atoms with Crippen LogP contribution in [0.2, 0.25) is 0 Å². The van der Waals surface area contributed by atoms with Gasteiger partial charge in [-0.15, -0.1) is 17.5 Å². The average Bonchev–Trinajstić information content (AvgIpc) is 3.64. The smallest absolute Gasteiger partial charge is 0.243 e. The van der Waals surface area contributed by atoms with Crippen LogP contribution in [0.5, 0.6) is 0 Å². The van der Waals surface area contributed by atoms with Gasteiger partial charge in [0.15, 0.2) is 10.9 Å². The number of amides is 1. The van der Waals surface area contributed by atoms with Gasteiger partial charge < -0.3 is 0 Å². The van der Waals surface area contributed by atoms with Gasteiger partial charge in [-0.05, 0) is 49.8 Å². The zero-order valence-electron chi connectivity index (χ0n) is 21.2. The molecule has 0 spiro atoms. The quantitative estimate of drug-likeness (QED) is 0.239. The minimum Gasteiger partial charge on any atom is -0.297 e. The van der Waals surface area contributed by atoms with Gasteiger partial charge in [0, 0.05) is 49.7 Å². The molecule has 4 rings (SSSR count). The van der Waals surface area contributed by atoms with Crippen molar-refractivity contribution in [1.29, 1.82) is 0 Å². The Hall–Kier alpha value is -2.60. The van der Waals surface area contributed by atoms with Gasteiger partial charge in [-0.1, -0.05) is 35.2 Å². The Labute approximate surface area is 231 Å². The van der Waals surface area contributed by atoms with Crippen molar-refractivity contribution in [2.75, 3.05) is 13.1 Å². The number of thioether (sulfide) groups is 1. The second kappa shape index (κ2) is 14.0. The number of nitrogens with zero attached hydrogens (tertiary/aromatic N) is 4. The van der Waals surface area contributed by atoms with E-state index in [1.54, 1.807) is 41.5 Å². The number of aryl methyl sites for hydroxylation is 1. The van der Waals surface area contributed by atoms with Crippen LogP contribution in [0.1, 0.15) is 62.7 Å². The van der Waals surface area contributed by atoms with Crippen molar-refractivity contribution in [3.05, 3.63) is 53.1 Å². The maximum atomic E-state index is 14.9. The number of unbranched alkanes of at least 4 members (excludes halogenated alkanes) is 1. The van der Waals surface area contributed by atoms with Crippen LogP contribution in [0.25, 0.3) is 6.08 Å². The van der Waals surface area contributed by atoms with Crippen molar-refractivity contribution < 1.29 is 24.0 Å². The lowest BCUT2D eigenvalue weighted by molar-refractivity contribution is -0.129. The maximum absolute atomic E-state index is 14.9. The number of benzene rings is 1. The molecular weight excluding hydrogens is 533 g/mol. The Morgan fingerprint density at radius 2 is 2.00 bits per heavy atom. The summed E-state index contributed by atoms with van der Waals surface area (Å²) in [5.74, 6) is -0.789. The largest absolute Gasteiger partial charge is 0.297 e. The molecule has 9 nitrogen and oxygen atoms in total. The van der Waals surface area contributed by atoms with E-state index in [0.29, 0.717) is 44.5 Å². The predicted molar refractivity (Wildman–Crippen MR) is 144 cm³/mol. The highest BCUT2D eigenvalue weighted by Gasteiger charge is 2.41. The first kappa shape index (κ1) is 29.9. The number of likely N-dealkylation sites (tertiary alicyclic amines) is 1. The summed E-state index contributed by atoms with van der Waals surface area (Å²) in [5.41, 5.74) is 3.74. The number of carbonyl (C=O) groups is 3. The highest BCUT2D eigenvalue weighted by Crippen LogP contribution is 2.40. The van der Waals surface area contributed by atoms with Crippen molar-refractivity contribution in [2.45, 2.75) is 63.3 Å². The highest BCUT2D eigenvalue weighted by atomic mass is 35.5. The molecule has 206 valence electrons. The fraction of sp³-hybridized carbons (Fsp3) is 0.500. The molecule has 1 aromatic heterocycles. The van der Waals surface area contributed by atoms with E-state index in [9.17, 15) is 18.8 Å². The molecular formula is C26H33ClFN5O4S. The topological polar surface area (TPSA) is 117 Å². The predicted octanol–water partition coefficient (Wildman–Crippen LogP) is 3.97. The Balaban J connectivity index is 0.00000400. The van der Waals surface area contributed by atoms with Gasteiger partial charge in [0.25, 0.3) is 0 Å². The third-order valence-corrected chi connectivity index (χ3v) is 7.88. The second-order valence-corrected chi connectivity index (χ2v) is 10.9. The van der Waals surface area contributed by atoms with E-state index in [1.807, 2.05) is 11.0 Å². The number of rotatable bonds is 11. The van der Waals surface area contributed by atoms with Crippen LogP contribution in [0.3, 0.4) is 0 Å². The molecule has 0 bridgehead atoms. The van der Waals surface area contributed by atoms with Crippen LogP contribution in [-0.2, 0) is 20.9 Å². The fourth-order valence-electron chi connectivity index (χ4n) is 4.74. The van der Waals surface area contributed by atoms with Gasteiger partial charge in [0.2, 0.25) is 5.91 Å². The van der Waals surface area contributed by atoms with Gasteiger partial charge in [-0.2, -0.15) is 0 Å². The molecule has 1 saturated heterocycles. The number of hydrogen-bond donors (Lipinski definition) is 2. The first-order chi connectivity index (χ1) is 17.9. The van der Waals surface area contributed by atoms with Gasteiger partial charge in [-0.25, -0.2) is 14.6 Å². The highest BCUT2D eigenvalue weighted by molar-refractivity contribution is 8.14. The molecule has 38 heavy (non-hydrogen) atoms. The lowest BCUT2D eigenvalue weighted by atomic mass is 9.93. The van der Waals surface area contributed by atoms with E-state index in [4.69, 9.17) is 5.21 Å². The van der Waals surface area contributed by atoms with Crippen molar-refractivity contribution in [3.8, 4) is 0 Å². The number of hydrogen-bond acceptors (Lipinski definition) is 8. The summed E-state index contributed by atoms with van der Waals surface area (Å²) in [4.78, 5) is 38.6. The molecule has 12 heteroatoms. The Bertz CT molecular complexity index is 1170. The summed E-state index contributed by atoms with van der Waals surface area (Å²) in [6.45, 7) is 3.07. The van der Waals surface area contributed by atoms with Gasteiger partial charge in [0.1, 0.15) is 5.82 Å². The van der Waals surface area contributed by atoms with Crippen molar-refractivity contribution in [2.24, 2.45) is 5.92 Å². The number of hydroxylamine groups is 1. The molecule has 2 unspecified atom stereocenters. The molecule has 2 fully saturated rings. The number of halogens is 2. The fourth-order valence-corrected chi connectivity index (χ4v) is 5.66. The summed E-state index contributed by atoms with van der Waals surface area (Å²) in [6, 6.07) is 5.81. The third-order valence-electron chi connectivity index (χ3n) is 6.73. The van der Waals surface area contributed by atoms with Crippen LogP contribution >= 0.6 is 24.2 Å². The molecule has 1 amide bonds. The van der Waals surface area contributed by atoms with Crippen LogP contribution in [0.15, 0.2) is 36.0 Å². The van der Waals surface area contributed by atoms with Crippen molar-refractivity contribution in [3.63, 3.8) is 0 Å². The van der Waals surface area contributed by atoms with E-state index >= 15 is 0 Å². The molecule has 1 aromatic carbocycles. The standard InChI is InChI=1S/C26H32FN5O4S.ClH/c1-17(33)37-23-11-13-31(25(26(35)18-9-10-18)21-6-2-3-7-22(21)27)16-19(23)14-20-15-28-30-32(20)12-5-4-8-24(34)29-36;/h2-3,6-7,14-15,18,23,25,36H,4-5,8-13,16H2,1H3,(H,29,34);1H/b19-14+;. The number of aromatic nitrogens is 3. The van der Waals surface area contributed by atoms with Crippen LogP contribution in [-0.4, -0.2) is 60.2 Å². The number of ketones is 1. The Kier molecular flexibility index (Phi) is 11.0. The lowest BCUT2D eigenvalue weighted by Crippen LogP contribution is -2.43. The third kappa shape index (κ3) is 7.72. The monoisotopic (exact) mass is 565 g/mol. The molecule has 2 aliphatic rings. The summed E-state index contributed by atoms with van der Waals surface area (Å²) >= 11 is 1.27. The number of piperidine rings is 1. The molecule has 2 heterocycles. The molecule has 1 aliphatic heterocycles. The van der Waals surface area contributed by atoms with Crippen molar-refractivity contribution >= 4 is 47.1 Å². The van der Waals surface area contributed by atoms with Gasteiger partial charge in [0.05, 0.1) is 17.9 Å². The van der Waals surface area contributed by atoms with Crippen LogP contribution in [0.4, 0.5) is 4.39 Å². The summed E-state index contributed by atoms with van der Waals surface area (Å²) < 4.78 is 16.6. The Morgan fingerprint density at radius 1 is 1.24 bits per heavy atom. The van der Waals surface area contributed by atoms with Crippen LogP contribution in [0, 0.1) is 11.7 Å². The average molecular weight is 566 g/mol. The zero-order chi connectivity index (χ0) is 26.4. The maximum Gasteiger partial charge on any atom is 0.243 e. The second-order valence-electron chi connectivity index (χ2n) is 9.55. The molecule has 1 saturated carbocycles. The van der Waals surface area contributed by atoms with Crippen molar-refractivity contribution in [1.82, 2.24) is 25.4 Å². The van der Waals surface area contributed by atoms with Gasteiger partial charge >= 0.3 is 0 Å². The number of Topliss-reactive ketones (excluding diaryl/α,β-unsaturated/α-hetero) is 1. The van der Waals surface area contributed by atoms with Crippen LogP contribution < -0.4 is 5.48 Å². The summed E-state index contributed by atoms with van der Waals surface area (Å²) in [7, 11) is 0. The van der Waals surface area contributed by atoms with E-state index < -0.39 is 11.9 Å². The minimum absolute atomic E-state index is 0. The van der Waals surface area contributed by atoms with Gasteiger partial charge in [-0.3, -0.25) is 24.5 Å². The molecule has 1 aliphatic carbocycles. The van der Waals surface area contributed by atoms with E-state index in [1.165, 1.54) is 17.8 Å². The zero-order valence-corrected chi connectivity index (χ0v) is 22.8. The normalized spacial score (nSPS) is 19.6. The van der Waals surface area contributed by atoms with E-state index in [0.717, 1.165) is 24.1 Å². The molecule has 2 atom stereocenters. The molecule has 0 radical (unpaired) electrons. The molecule has 2 aromatic rings. The summed E-state index contributed by atoms with van der Waals surface area (Å²) in [5, 5.41) is 16.8. The SMILES string of the molecule is CC(=O)SC1CCN(C(C(=O)C2CC2)c2ccccc2F)C/C1=C\c1cnnn1CCCCC(=O)NO.Cl. The first-order valence-electron chi connectivity index (χ1n) is 12.6. The first-order valence-corrected chi connectivity index (χ1v) is 13.5. The Morgan fingerprint density at radius 3 is 2.68 bits per heavy atom. The lowest BCUT2D eigenvalue weighted by Gasteiger charge is -2.38. The van der Waals surface area contributed by atoms with E-state index in [-0.39, 0.29) is 46.7 Å². The minimum atomic E-state index is -0.666.